The van der Waals surface area contributed by atoms with Crippen LogP contribution in [0.4, 0.5) is 5.88 Å². The Balaban J connectivity index is 1.75. The van der Waals surface area contributed by atoms with E-state index in [2.05, 4.69) is 10.3 Å². The van der Waals surface area contributed by atoms with Crippen molar-refractivity contribution < 1.29 is 18.7 Å². The highest BCUT2D eigenvalue weighted by Gasteiger charge is 2.21. The highest BCUT2D eigenvalue weighted by atomic mass is 35.5. The number of carbonyl (C=O) groups excluding carboxylic acids is 2. The zero-order chi connectivity index (χ0) is 23.4. The minimum Gasteiger partial charge on any atom is -0.497 e. The van der Waals surface area contributed by atoms with Gasteiger partial charge in [-0.05, 0) is 42.5 Å². The van der Waals surface area contributed by atoms with Gasteiger partial charge in [-0.2, -0.15) is 0 Å². The van der Waals surface area contributed by atoms with Crippen LogP contribution in [0, 0.1) is 0 Å². The quantitative estimate of drug-likeness (QED) is 0.325. The number of hydrogen-bond acceptors (Lipinski definition) is 5. The molecule has 2 aromatic carbocycles. The first-order chi connectivity index (χ1) is 16.0. The molecule has 1 N–H and O–H groups in total. The number of benzene rings is 2. The number of halogens is 1. The summed E-state index contributed by atoms with van der Waals surface area (Å²) in [6.45, 7) is 0. The Bertz CT molecular complexity index is 1330. The van der Waals surface area contributed by atoms with Crippen molar-refractivity contribution in [1.82, 2.24) is 10.3 Å². The Morgan fingerprint density at radius 3 is 2.58 bits per heavy atom. The van der Waals surface area contributed by atoms with E-state index in [-0.39, 0.29) is 10.9 Å². The summed E-state index contributed by atoms with van der Waals surface area (Å²) in [4.78, 5) is 31.8. The highest BCUT2D eigenvalue weighted by molar-refractivity contribution is 6.31. The van der Waals surface area contributed by atoms with Gasteiger partial charge in [0.2, 0.25) is 5.88 Å². The van der Waals surface area contributed by atoms with Crippen molar-refractivity contribution in [1.29, 1.82) is 0 Å². The maximum Gasteiger partial charge on any atom is 0.276 e. The maximum absolute atomic E-state index is 13.3. The molecule has 0 aliphatic carbocycles. The molecule has 0 radical (unpaired) electrons. The van der Waals surface area contributed by atoms with Crippen molar-refractivity contribution in [3.63, 3.8) is 0 Å². The summed E-state index contributed by atoms with van der Waals surface area (Å²) >= 11 is 6.43. The van der Waals surface area contributed by atoms with Gasteiger partial charge in [-0.3, -0.25) is 14.5 Å². The number of ether oxygens (including phenoxy) is 1. The van der Waals surface area contributed by atoms with Crippen LogP contribution >= 0.6 is 11.6 Å². The number of rotatable bonds is 6. The molecule has 33 heavy (non-hydrogen) atoms. The molecule has 7 nitrogen and oxygen atoms in total. The summed E-state index contributed by atoms with van der Waals surface area (Å²) in [7, 11) is 3.12. The van der Waals surface area contributed by atoms with Gasteiger partial charge in [0.25, 0.3) is 11.8 Å². The van der Waals surface area contributed by atoms with Gasteiger partial charge in [-0.1, -0.05) is 29.8 Å². The highest BCUT2D eigenvalue weighted by Crippen LogP contribution is 2.26. The number of likely N-dealkylation sites (N-methyl/N-ethyl adjacent to an activating group) is 1. The van der Waals surface area contributed by atoms with Gasteiger partial charge >= 0.3 is 0 Å². The van der Waals surface area contributed by atoms with Crippen molar-refractivity contribution in [2.75, 3.05) is 19.1 Å². The van der Waals surface area contributed by atoms with Crippen molar-refractivity contribution in [3.8, 4) is 5.75 Å². The topological polar surface area (TPSA) is 84.7 Å². The average molecular weight is 462 g/mol. The number of pyridine rings is 1. The Hall–Kier alpha value is -4.10. The van der Waals surface area contributed by atoms with Crippen LogP contribution < -0.4 is 15.0 Å². The van der Waals surface area contributed by atoms with Crippen molar-refractivity contribution in [3.05, 3.63) is 95.0 Å². The van der Waals surface area contributed by atoms with Crippen molar-refractivity contribution in [2.45, 2.75) is 0 Å². The summed E-state index contributed by atoms with van der Waals surface area (Å²) in [6.07, 6.45) is 2.96. The Morgan fingerprint density at radius 1 is 1.09 bits per heavy atom. The Labute approximate surface area is 195 Å². The van der Waals surface area contributed by atoms with E-state index >= 15 is 0 Å². The number of fused-ring (bicyclic) bond motifs is 1. The molecule has 2 heterocycles. The lowest BCUT2D eigenvalue weighted by Gasteiger charge is -2.17. The summed E-state index contributed by atoms with van der Waals surface area (Å²) in [5.74, 6) is 0.0629. The van der Waals surface area contributed by atoms with Crippen LogP contribution in [0.5, 0.6) is 5.75 Å². The molecule has 0 saturated carbocycles. The van der Waals surface area contributed by atoms with Gasteiger partial charge in [0, 0.05) is 35.7 Å². The number of nitrogens with zero attached hydrogens (tertiary/aromatic N) is 2. The molecule has 2 amide bonds. The molecular weight excluding hydrogens is 442 g/mol. The van der Waals surface area contributed by atoms with E-state index < -0.39 is 11.8 Å². The molecule has 0 bridgehead atoms. The van der Waals surface area contributed by atoms with Crippen LogP contribution in [0.2, 0.25) is 5.15 Å². The number of furan rings is 1. The average Bonchev–Trinajstić information content (AvgIpc) is 3.38. The van der Waals surface area contributed by atoms with Gasteiger partial charge in [0.05, 0.1) is 18.9 Å². The number of amides is 2. The van der Waals surface area contributed by atoms with E-state index in [0.717, 1.165) is 5.39 Å². The first kappa shape index (κ1) is 22.1. The number of carbonyl (C=O) groups is 2. The molecule has 0 atom stereocenters. The number of anilines is 1. The molecule has 2 aromatic heterocycles. The van der Waals surface area contributed by atoms with Crippen LogP contribution in [-0.2, 0) is 4.79 Å². The Kier molecular flexibility index (Phi) is 6.42. The van der Waals surface area contributed by atoms with E-state index in [1.54, 1.807) is 74.8 Å². The normalized spacial score (nSPS) is 11.3. The van der Waals surface area contributed by atoms with Gasteiger partial charge in [0.15, 0.2) is 0 Å². The van der Waals surface area contributed by atoms with Gasteiger partial charge in [0.1, 0.15) is 16.6 Å². The lowest BCUT2D eigenvalue weighted by molar-refractivity contribution is -0.115. The summed E-state index contributed by atoms with van der Waals surface area (Å²) in [5, 5.41) is 3.68. The van der Waals surface area contributed by atoms with Crippen LogP contribution in [-0.4, -0.2) is 31.0 Å². The first-order valence-corrected chi connectivity index (χ1v) is 10.4. The van der Waals surface area contributed by atoms with Crippen molar-refractivity contribution in [2.24, 2.45) is 0 Å². The second kappa shape index (κ2) is 9.58. The minimum atomic E-state index is -0.486. The molecule has 4 aromatic rings. The van der Waals surface area contributed by atoms with E-state index in [0.29, 0.717) is 28.3 Å². The molecule has 4 rings (SSSR count). The zero-order valence-electron chi connectivity index (χ0n) is 17.9. The summed E-state index contributed by atoms with van der Waals surface area (Å²) in [5.41, 5.74) is 1.54. The molecule has 0 fully saturated rings. The second-order valence-corrected chi connectivity index (χ2v) is 7.48. The standard InChI is InChI=1S/C25H20ClN3O4/c1-29(22-9-6-12-33-22)25(31)21(28-24(30)16-7-4-3-5-8-16)14-18-13-17-10-11-19(32-2)15-20(17)27-23(18)26/h3-15H,1-2H3,(H,28,30)/b21-14-. The number of hydrogen-bond donors (Lipinski definition) is 1. The second-order valence-electron chi connectivity index (χ2n) is 7.12. The lowest BCUT2D eigenvalue weighted by Crippen LogP contribution is -2.36. The minimum absolute atomic E-state index is 0.0133. The fourth-order valence-corrected chi connectivity index (χ4v) is 3.40. The van der Waals surface area contributed by atoms with Gasteiger partial charge < -0.3 is 14.5 Å². The van der Waals surface area contributed by atoms with E-state index in [1.807, 2.05) is 6.07 Å². The Morgan fingerprint density at radius 2 is 1.88 bits per heavy atom. The molecule has 0 aliphatic rings. The number of nitrogens with one attached hydrogen (secondary N) is 1. The molecule has 8 heteroatoms. The predicted molar refractivity (Wildman–Crippen MR) is 127 cm³/mol. The van der Waals surface area contributed by atoms with Crippen LogP contribution in [0.3, 0.4) is 0 Å². The number of aromatic nitrogens is 1. The van der Waals surface area contributed by atoms with Crippen LogP contribution in [0.25, 0.3) is 17.0 Å². The third-order valence-electron chi connectivity index (χ3n) is 4.96. The lowest BCUT2D eigenvalue weighted by atomic mass is 10.1. The zero-order valence-corrected chi connectivity index (χ0v) is 18.7. The first-order valence-electron chi connectivity index (χ1n) is 10.00. The van der Waals surface area contributed by atoms with E-state index in [4.69, 9.17) is 20.8 Å². The van der Waals surface area contributed by atoms with E-state index in [9.17, 15) is 9.59 Å². The molecular formula is C25H20ClN3O4. The van der Waals surface area contributed by atoms with Crippen molar-refractivity contribution >= 4 is 46.3 Å². The third-order valence-corrected chi connectivity index (χ3v) is 5.26. The fraction of sp³-hybridized carbons (Fsp3) is 0.0800. The largest absolute Gasteiger partial charge is 0.497 e. The smallest absolute Gasteiger partial charge is 0.276 e. The summed E-state index contributed by atoms with van der Waals surface area (Å²) < 4.78 is 10.6. The monoisotopic (exact) mass is 461 g/mol. The third kappa shape index (κ3) is 4.88. The van der Waals surface area contributed by atoms with Crippen LogP contribution in [0.1, 0.15) is 15.9 Å². The molecule has 0 aliphatic heterocycles. The fourth-order valence-electron chi connectivity index (χ4n) is 3.20. The predicted octanol–water partition coefficient (Wildman–Crippen LogP) is 4.92. The molecule has 0 unspecified atom stereocenters. The summed E-state index contributed by atoms with van der Waals surface area (Å²) in [6, 6.07) is 19.1. The maximum atomic E-state index is 13.3. The van der Waals surface area contributed by atoms with Gasteiger partial charge in [-0.25, -0.2) is 4.98 Å². The molecule has 0 spiro atoms. The van der Waals surface area contributed by atoms with Gasteiger partial charge in [-0.15, -0.1) is 0 Å². The number of methoxy groups -OCH3 is 1. The molecule has 0 saturated heterocycles. The van der Waals surface area contributed by atoms with Crippen LogP contribution in [0.15, 0.2) is 83.1 Å². The molecule has 166 valence electrons. The SMILES string of the molecule is COc1ccc2cc(/C=C(\NC(=O)c3ccccc3)C(=O)N(C)c3ccco3)c(Cl)nc2c1. The van der Waals surface area contributed by atoms with E-state index in [1.165, 1.54) is 17.2 Å².